The Morgan fingerprint density at radius 3 is 2.37 bits per heavy atom. The topological polar surface area (TPSA) is 114 Å². The summed E-state index contributed by atoms with van der Waals surface area (Å²) in [4.78, 5) is 29.6. The molecule has 5 N–H and O–H groups in total. The van der Waals surface area contributed by atoms with Gasteiger partial charge in [-0.1, -0.05) is 60.7 Å². The van der Waals surface area contributed by atoms with Crippen LogP contribution in [0, 0.1) is 5.82 Å². The molecule has 4 rings (SSSR count). The number of halogens is 1. The van der Waals surface area contributed by atoms with Gasteiger partial charge in [0.2, 0.25) is 6.17 Å². The number of carbonyl (C=O) groups excluding carboxylic acids is 2. The van der Waals surface area contributed by atoms with E-state index in [-0.39, 0.29) is 11.2 Å². The maximum atomic E-state index is 13.8. The van der Waals surface area contributed by atoms with Gasteiger partial charge >= 0.3 is 6.03 Å². The molecule has 1 unspecified atom stereocenters. The molecule has 0 saturated heterocycles. The predicted octanol–water partition coefficient (Wildman–Crippen LogP) is 2.94. The van der Waals surface area contributed by atoms with Crippen molar-refractivity contribution in [3.63, 3.8) is 0 Å². The van der Waals surface area contributed by atoms with Gasteiger partial charge in [-0.05, 0) is 18.2 Å². The average Bonchev–Trinajstić information content (AvgIpc) is 2.87. The molecule has 0 radical (unpaired) electrons. The molecule has 3 aromatic carbocycles. The van der Waals surface area contributed by atoms with Gasteiger partial charge in [0.1, 0.15) is 5.82 Å². The predicted molar refractivity (Wildman–Crippen MR) is 113 cm³/mol. The number of aliphatic imine (C=N–C) groups is 1. The zero-order valence-corrected chi connectivity index (χ0v) is 15.7. The average molecular weight is 406 g/mol. The van der Waals surface area contributed by atoms with Gasteiger partial charge < -0.3 is 21.4 Å². The molecule has 0 spiro atoms. The lowest BCUT2D eigenvalue weighted by atomic mass is 10.0. The lowest BCUT2D eigenvalue weighted by Gasteiger charge is -2.14. The zero-order valence-electron chi connectivity index (χ0n) is 15.7. The van der Waals surface area contributed by atoms with Crippen LogP contribution in [0.2, 0.25) is 0 Å². The van der Waals surface area contributed by atoms with Gasteiger partial charge in [0.15, 0.2) is 0 Å². The molecule has 3 aromatic rings. The summed E-state index contributed by atoms with van der Waals surface area (Å²) in [7, 11) is 0. The number of hydrogen-bond acceptors (Lipinski definition) is 3. The number of nitrogens with zero attached hydrogens (tertiary/aromatic N) is 1. The molecule has 0 aliphatic carbocycles. The highest BCUT2D eigenvalue weighted by Crippen LogP contribution is 2.23. The normalized spacial score (nSPS) is 14.9. The van der Waals surface area contributed by atoms with Crippen molar-refractivity contribution in [2.45, 2.75) is 6.17 Å². The fraction of sp³-hybridized carbons (Fsp3) is 0.0455. The van der Waals surface area contributed by atoms with Crippen LogP contribution < -0.4 is 16.0 Å². The van der Waals surface area contributed by atoms with Gasteiger partial charge in [0.05, 0.1) is 17.1 Å². The monoisotopic (exact) mass is 406 g/mol. The van der Waals surface area contributed by atoms with Crippen molar-refractivity contribution < 1.29 is 19.5 Å². The Balaban J connectivity index is 0.00000256. The summed E-state index contributed by atoms with van der Waals surface area (Å²) in [5, 5.41) is 7.69. The van der Waals surface area contributed by atoms with Crippen molar-refractivity contribution in [1.82, 2.24) is 5.32 Å². The fourth-order valence-corrected chi connectivity index (χ4v) is 3.03. The highest BCUT2D eigenvalue weighted by Gasteiger charge is 2.27. The van der Waals surface area contributed by atoms with Crippen LogP contribution in [-0.2, 0) is 4.79 Å². The van der Waals surface area contributed by atoms with E-state index < -0.39 is 23.9 Å². The third kappa shape index (κ3) is 4.34. The minimum atomic E-state index is -1.19. The number of hydrogen-bond donors (Lipinski definition) is 3. The quantitative estimate of drug-likeness (QED) is 0.621. The molecule has 0 bridgehead atoms. The number of para-hydroxylation sites is 2. The van der Waals surface area contributed by atoms with E-state index in [1.165, 1.54) is 18.2 Å². The number of amides is 3. The third-order valence-electron chi connectivity index (χ3n) is 4.38. The van der Waals surface area contributed by atoms with Gasteiger partial charge in [0.25, 0.3) is 5.91 Å². The molecule has 3 amide bonds. The molecule has 152 valence electrons. The van der Waals surface area contributed by atoms with E-state index in [0.717, 1.165) is 11.1 Å². The van der Waals surface area contributed by atoms with Crippen LogP contribution >= 0.6 is 0 Å². The van der Waals surface area contributed by atoms with Crippen LogP contribution in [0.5, 0.6) is 0 Å². The number of benzene rings is 3. The van der Waals surface area contributed by atoms with E-state index in [4.69, 9.17) is 0 Å². The Morgan fingerprint density at radius 1 is 0.933 bits per heavy atom. The van der Waals surface area contributed by atoms with Gasteiger partial charge in [-0.15, -0.1) is 0 Å². The van der Waals surface area contributed by atoms with E-state index >= 15 is 0 Å². The van der Waals surface area contributed by atoms with Crippen molar-refractivity contribution in [3.8, 4) is 0 Å². The Bertz CT molecular complexity index is 1100. The Morgan fingerprint density at radius 2 is 1.60 bits per heavy atom. The SMILES string of the molecule is O.O=C(Nc1ccccc1F)NC1N=C(c2ccccc2)c2ccccc2NC1=O. The first-order valence-corrected chi connectivity index (χ1v) is 8.97. The summed E-state index contributed by atoms with van der Waals surface area (Å²) in [6.45, 7) is 0. The van der Waals surface area contributed by atoms with Crippen LogP contribution in [-0.4, -0.2) is 29.3 Å². The van der Waals surface area contributed by atoms with Crippen LogP contribution in [0.15, 0.2) is 83.9 Å². The Hall–Kier alpha value is -4.04. The van der Waals surface area contributed by atoms with Crippen molar-refractivity contribution >= 4 is 29.0 Å². The summed E-state index contributed by atoms with van der Waals surface area (Å²) in [5.74, 6) is -1.07. The number of fused-ring (bicyclic) bond motifs is 1. The summed E-state index contributed by atoms with van der Waals surface area (Å²) >= 11 is 0. The van der Waals surface area contributed by atoms with E-state index in [1.807, 2.05) is 42.5 Å². The third-order valence-corrected chi connectivity index (χ3v) is 4.38. The second-order valence-corrected chi connectivity index (χ2v) is 6.36. The number of carbonyl (C=O) groups is 2. The standard InChI is InChI=1S/C22H17FN4O2.H2O/c23-16-11-5-7-13-18(16)25-22(29)27-20-21(28)24-17-12-6-4-10-15(17)19(26-20)14-8-2-1-3-9-14;/h1-13,20H,(H,24,28)(H2,25,27,29);1H2. The van der Waals surface area contributed by atoms with Crippen LogP contribution in [0.3, 0.4) is 0 Å². The van der Waals surface area contributed by atoms with Crippen molar-refractivity contribution in [1.29, 1.82) is 0 Å². The number of rotatable bonds is 3. The molecule has 1 atom stereocenters. The van der Waals surface area contributed by atoms with Crippen LogP contribution in [0.1, 0.15) is 11.1 Å². The van der Waals surface area contributed by atoms with Crippen molar-refractivity contribution in [2.75, 3.05) is 10.6 Å². The van der Waals surface area contributed by atoms with E-state index in [1.54, 1.807) is 18.2 Å². The molecule has 1 aliphatic heterocycles. The molecule has 7 nitrogen and oxygen atoms in total. The molecule has 0 aromatic heterocycles. The lowest BCUT2D eigenvalue weighted by molar-refractivity contribution is -0.117. The highest BCUT2D eigenvalue weighted by atomic mass is 19.1. The first-order chi connectivity index (χ1) is 14.1. The maximum Gasteiger partial charge on any atom is 0.321 e. The lowest BCUT2D eigenvalue weighted by Crippen LogP contribution is -2.44. The van der Waals surface area contributed by atoms with Crippen molar-refractivity contribution in [3.05, 3.63) is 95.8 Å². The number of nitrogens with one attached hydrogen (secondary N) is 3. The molecule has 30 heavy (non-hydrogen) atoms. The summed E-state index contributed by atoms with van der Waals surface area (Å²) in [6, 6.07) is 21.7. The number of benzodiazepines with no additional fused rings is 1. The maximum absolute atomic E-state index is 13.8. The summed E-state index contributed by atoms with van der Waals surface area (Å²) in [6.07, 6.45) is -1.19. The molecule has 0 saturated carbocycles. The first kappa shape index (κ1) is 20.7. The molecule has 1 aliphatic rings. The van der Waals surface area contributed by atoms with E-state index in [2.05, 4.69) is 20.9 Å². The van der Waals surface area contributed by atoms with Crippen LogP contribution in [0.4, 0.5) is 20.6 Å². The molecule has 1 heterocycles. The first-order valence-electron chi connectivity index (χ1n) is 8.97. The minimum Gasteiger partial charge on any atom is -0.412 e. The van der Waals surface area contributed by atoms with E-state index in [0.29, 0.717) is 11.4 Å². The highest BCUT2D eigenvalue weighted by molar-refractivity contribution is 6.19. The summed E-state index contributed by atoms with van der Waals surface area (Å²) < 4.78 is 13.8. The fourth-order valence-electron chi connectivity index (χ4n) is 3.03. The second kappa shape index (κ2) is 8.97. The smallest absolute Gasteiger partial charge is 0.321 e. The van der Waals surface area contributed by atoms with E-state index in [9.17, 15) is 14.0 Å². The second-order valence-electron chi connectivity index (χ2n) is 6.36. The summed E-state index contributed by atoms with van der Waals surface area (Å²) in [5.41, 5.74) is 2.72. The molecular weight excluding hydrogens is 387 g/mol. The molecular formula is C22H19FN4O3. The Kier molecular flexibility index (Phi) is 6.19. The van der Waals surface area contributed by atoms with Gasteiger partial charge in [-0.2, -0.15) is 0 Å². The van der Waals surface area contributed by atoms with Crippen molar-refractivity contribution in [2.24, 2.45) is 4.99 Å². The van der Waals surface area contributed by atoms with Gasteiger partial charge in [-0.3, -0.25) is 4.79 Å². The zero-order chi connectivity index (χ0) is 20.2. The Labute approximate surface area is 172 Å². The van der Waals surface area contributed by atoms with Gasteiger partial charge in [0, 0.05) is 11.1 Å². The number of anilines is 2. The van der Waals surface area contributed by atoms with Gasteiger partial charge in [-0.25, -0.2) is 14.2 Å². The largest absolute Gasteiger partial charge is 0.412 e. The minimum absolute atomic E-state index is 0. The molecule has 0 fully saturated rings. The number of urea groups is 1. The molecule has 8 heteroatoms. The van der Waals surface area contributed by atoms with Crippen LogP contribution in [0.25, 0.3) is 0 Å².